The van der Waals surface area contributed by atoms with E-state index in [1.54, 1.807) is 0 Å². The smallest absolute Gasteiger partial charge is 0.123 e. The van der Waals surface area contributed by atoms with Crippen molar-refractivity contribution in [1.82, 2.24) is 5.32 Å². The van der Waals surface area contributed by atoms with Crippen LogP contribution in [-0.4, -0.2) is 24.9 Å². The molecule has 0 saturated carbocycles. The van der Waals surface area contributed by atoms with Gasteiger partial charge in [0.05, 0.1) is 13.2 Å². The third-order valence-electron chi connectivity index (χ3n) is 1.99. The van der Waals surface area contributed by atoms with E-state index < -0.39 is 0 Å². The van der Waals surface area contributed by atoms with E-state index in [4.69, 9.17) is 15.6 Å². The molecule has 0 atom stereocenters. The van der Waals surface area contributed by atoms with Gasteiger partial charge in [0, 0.05) is 24.3 Å². The van der Waals surface area contributed by atoms with E-state index in [2.05, 4.69) is 5.32 Å². The maximum absolute atomic E-state index is 8.65. The fourth-order valence-electron chi connectivity index (χ4n) is 1.34. The highest BCUT2D eigenvalue weighted by Gasteiger charge is 2.03. The Labute approximate surface area is 90.1 Å². The summed E-state index contributed by atoms with van der Waals surface area (Å²) in [4.78, 5) is 0. The molecule has 4 heteroatoms. The molecule has 4 N–H and O–H groups in total. The lowest BCUT2D eigenvalue weighted by atomic mass is 10.1. The molecule has 0 aliphatic carbocycles. The molecule has 0 unspecified atom stereocenters. The van der Waals surface area contributed by atoms with Gasteiger partial charge in [-0.15, -0.1) is 0 Å². The monoisotopic (exact) mass is 210 g/mol. The third-order valence-corrected chi connectivity index (χ3v) is 1.99. The Hall–Kier alpha value is -1.26. The van der Waals surface area contributed by atoms with Crippen LogP contribution in [0.5, 0.6) is 5.75 Å². The Balaban J connectivity index is 2.68. The minimum atomic E-state index is 0.131. The summed E-state index contributed by atoms with van der Waals surface area (Å²) in [6, 6.07) is 5.57. The minimum absolute atomic E-state index is 0.131. The largest absolute Gasteiger partial charge is 0.494 e. The lowest BCUT2D eigenvalue weighted by molar-refractivity contribution is 0.290. The molecule has 0 aliphatic rings. The summed E-state index contributed by atoms with van der Waals surface area (Å²) in [5.41, 5.74) is 7.44. The molecule has 0 aliphatic heterocycles. The standard InChI is InChI=1S/C11H18N2O2/c1-2-15-11-4-3-10(12)7-9(11)8-13-5-6-14/h3-4,7,13-14H,2,5-6,8,12H2,1H3. The molecule has 0 saturated heterocycles. The van der Waals surface area contributed by atoms with E-state index in [9.17, 15) is 0 Å². The van der Waals surface area contributed by atoms with Crippen molar-refractivity contribution in [2.75, 3.05) is 25.5 Å². The number of aliphatic hydroxyl groups excluding tert-OH is 1. The molecule has 0 bridgehead atoms. The quantitative estimate of drug-likeness (QED) is 0.479. The van der Waals surface area contributed by atoms with E-state index in [0.717, 1.165) is 17.0 Å². The summed E-state index contributed by atoms with van der Waals surface area (Å²) in [5, 5.41) is 11.7. The van der Waals surface area contributed by atoms with Gasteiger partial charge >= 0.3 is 0 Å². The number of hydrogen-bond acceptors (Lipinski definition) is 4. The van der Waals surface area contributed by atoms with Crippen LogP contribution < -0.4 is 15.8 Å². The van der Waals surface area contributed by atoms with Crippen molar-refractivity contribution in [3.63, 3.8) is 0 Å². The molecule has 0 aromatic heterocycles. The number of hydrogen-bond donors (Lipinski definition) is 3. The van der Waals surface area contributed by atoms with Crippen LogP contribution in [0, 0.1) is 0 Å². The first-order chi connectivity index (χ1) is 7.27. The van der Waals surface area contributed by atoms with Gasteiger partial charge in [-0.3, -0.25) is 0 Å². The number of nitrogen functional groups attached to an aromatic ring is 1. The normalized spacial score (nSPS) is 10.3. The van der Waals surface area contributed by atoms with E-state index >= 15 is 0 Å². The molecule has 4 nitrogen and oxygen atoms in total. The maximum atomic E-state index is 8.65. The van der Waals surface area contributed by atoms with Crippen LogP contribution in [0.4, 0.5) is 5.69 Å². The van der Waals surface area contributed by atoms with Crippen molar-refractivity contribution in [3.05, 3.63) is 23.8 Å². The molecule has 0 fully saturated rings. The summed E-state index contributed by atoms with van der Waals surface area (Å²) in [5.74, 6) is 0.845. The highest BCUT2D eigenvalue weighted by molar-refractivity contribution is 5.47. The number of nitrogens with one attached hydrogen (secondary N) is 1. The SMILES string of the molecule is CCOc1ccc(N)cc1CNCCO. The zero-order valence-corrected chi connectivity index (χ0v) is 8.99. The van der Waals surface area contributed by atoms with Crippen molar-refractivity contribution in [3.8, 4) is 5.75 Å². The molecule has 84 valence electrons. The van der Waals surface area contributed by atoms with E-state index in [1.165, 1.54) is 0 Å². The fraction of sp³-hybridized carbons (Fsp3) is 0.455. The lowest BCUT2D eigenvalue weighted by Gasteiger charge is -2.11. The van der Waals surface area contributed by atoms with E-state index in [1.807, 2.05) is 25.1 Å². The highest BCUT2D eigenvalue weighted by Crippen LogP contribution is 2.21. The molecule has 0 heterocycles. The number of rotatable bonds is 6. The predicted octanol–water partition coefficient (Wildman–Crippen LogP) is 0.749. The van der Waals surface area contributed by atoms with Gasteiger partial charge < -0.3 is 20.9 Å². The molecular formula is C11H18N2O2. The van der Waals surface area contributed by atoms with Gasteiger partial charge in [-0.25, -0.2) is 0 Å². The molecule has 15 heavy (non-hydrogen) atoms. The van der Waals surface area contributed by atoms with Gasteiger partial charge in [0.2, 0.25) is 0 Å². The summed E-state index contributed by atoms with van der Waals surface area (Å²) in [7, 11) is 0. The summed E-state index contributed by atoms with van der Waals surface area (Å²) >= 11 is 0. The summed E-state index contributed by atoms with van der Waals surface area (Å²) in [6.07, 6.45) is 0. The minimum Gasteiger partial charge on any atom is -0.494 e. The van der Waals surface area contributed by atoms with Crippen molar-refractivity contribution >= 4 is 5.69 Å². The Morgan fingerprint density at radius 3 is 2.93 bits per heavy atom. The molecule has 0 radical (unpaired) electrons. The molecular weight excluding hydrogens is 192 g/mol. The van der Waals surface area contributed by atoms with Gasteiger partial charge in [0.25, 0.3) is 0 Å². The van der Waals surface area contributed by atoms with E-state index in [0.29, 0.717) is 19.7 Å². The van der Waals surface area contributed by atoms with Gasteiger partial charge in [-0.2, -0.15) is 0 Å². The average molecular weight is 210 g/mol. The van der Waals surface area contributed by atoms with Crippen molar-refractivity contribution in [2.45, 2.75) is 13.5 Å². The van der Waals surface area contributed by atoms with Crippen LogP contribution >= 0.6 is 0 Å². The topological polar surface area (TPSA) is 67.5 Å². The van der Waals surface area contributed by atoms with Gasteiger partial charge in [0.15, 0.2) is 0 Å². The first-order valence-corrected chi connectivity index (χ1v) is 5.10. The van der Waals surface area contributed by atoms with Crippen LogP contribution in [0.25, 0.3) is 0 Å². The second-order valence-corrected chi connectivity index (χ2v) is 3.20. The molecule has 1 aromatic rings. The maximum Gasteiger partial charge on any atom is 0.123 e. The van der Waals surface area contributed by atoms with Gasteiger partial charge in [-0.1, -0.05) is 0 Å². The van der Waals surface area contributed by atoms with Crippen molar-refractivity contribution in [2.24, 2.45) is 0 Å². The number of benzene rings is 1. The molecule has 0 amide bonds. The van der Waals surface area contributed by atoms with Gasteiger partial charge in [0.1, 0.15) is 5.75 Å². The second kappa shape index (κ2) is 6.27. The zero-order chi connectivity index (χ0) is 11.1. The molecule has 0 spiro atoms. The fourth-order valence-corrected chi connectivity index (χ4v) is 1.34. The Kier molecular flexibility index (Phi) is 4.93. The number of aliphatic hydroxyl groups is 1. The Bertz CT molecular complexity index is 303. The molecule has 1 aromatic carbocycles. The van der Waals surface area contributed by atoms with Crippen LogP contribution in [-0.2, 0) is 6.54 Å². The predicted molar refractivity (Wildman–Crippen MR) is 60.8 cm³/mol. The Morgan fingerprint density at radius 2 is 2.27 bits per heavy atom. The van der Waals surface area contributed by atoms with Crippen LogP contribution in [0.15, 0.2) is 18.2 Å². The number of nitrogens with two attached hydrogens (primary N) is 1. The second-order valence-electron chi connectivity index (χ2n) is 3.20. The van der Waals surface area contributed by atoms with Crippen LogP contribution in [0.3, 0.4) is 0 Å². The van der Waals surface area contributed by atoms with Crippen LogP contribution in [0.1, 0.15) is 12.5 Å². The average Bonchev–Trinajstić information content (AvgIpc) is 2.22. The highest BCUT2D eigenvalue weighted by atomic mass is 16.5. The van der Waals surface area contributed by atoms with Gasteiger partial charge in [-0.05, 0) is 25.1 Å². The molecule has 1 rings (SSSR count). The van der Waals surface area contributed by atoms with Crippen LogP contribution in [0.2, 0.25) is 0 Å². The third kappa shape index (κ3) is 3.77. The first-order valence-electron chi connectivity index (χ1n) is 5.10. The van der Waals surface area contributed by atoms with E-state index in [-0.39, 0.29) is 6.61 Å². The Morgan fingerprint density at radius 1 is 1.47 bits per heavy atom. The number of anilines is 1. The summed E-state index contributed by atoms with van der Waals surface area (Å²) < 4.78 is 5.46. The zero-order valence-electron chi connectivity index (χ0n) is 8.99. The lowest BCUT2D eigenvalue weighted by Crippen LogP contribution is -2.18. The first kappa shape index (κ1) is 11.8. The summed E-state index contributed by atoms with van der Waals surface area (Å²) in [6.45, 7) is 3.94. The van der Waals surface area contributed by atoms with Crippen molar-refractivity contribution in [1.29, 1.82) is 0 Å². The number of ether oxygens (including phenoxy) is 1. The van der Waals surface area contributed by atoms with Crippen molar-refractivity contribution < 1.29 is 9.84 Å².